The second kappa shape index (κ2) is 9.62. The molecule has 134 valence electrons. The van der Waals surface area contributed by atoms with E-state index in [1.807, 2.05) is 13.8 Å². The second-order valence-electron chi connectivity index (χ2n) is 6.42. The molecule has 0 spiro atoms. The van der Waals surface area contributed by atoms with Gasteiger partial charge in [0, 0.05) is 6.42 Å². The molecule has 1 fully saturated rings. The highest BCUT2D eigenvalue weighted by Crippen LogP contribution is 2.22. The number of nitrogens with one attached hydrogen (secondary N) is 1. The van der Waals surface area contributed by atoms with E-state index >= 15 is 0 Å². The molecular formula is C19H29FN2O2. The summed E-state index contributed by atoms with van der Waals surface area (Å²) >= 11 is 0. The number of nitrogens with zero attached hydrogens (tertiary/aromatic N) is 1. The molecule has 1 aromatic carbocycles. The molecule has 1 heterocycles. The largest absolute Gasteiger partial charge is 0.491 e. The van der Waals surface area contributed by atoms with Crippen LogP contribution in [0.1, 0.15) is 57.6 Å². The van der Waals surface area contributed by atoms with Gasteiger partial charge in [0.15, 0.2) is 11.6 Å². The first-order valence-corrected chi connectivity index (χ1v) is 9.04. The molecule has 0 bridgehead atoms. The minimum absolute atomic E-state index is 0.0220. The molecule has 0 aliphatic carbocycles. The Balaban J connectivity index is 1.75. The fraction of sp³-hybridized carbons (Fsp3) is 0.632. The number of carbonyl (C=O) groups is 1. The molecule has 1 N–H and O–H groups in total. The lowest BCUT2D eigenvalue weighted by atomic mass is 10.1. The number of benzene rings is 1. The summed E-state index contributed by atoms with van der Waals surface area (Å²) in [4.78, 5) is 14.5. The van der Waals surface area contributed by atoms with Crippen LogP contribution in [0.2, 0.25) is 0 Å². The summed E-state index contributed by atoms with van der Waals surface area (Å²) in [6.45, 7) is 7.42. The zero-order chi connectivity index (χ0) is 17.4. The van der Waals surface area contributed by atoms with E-state index in [1.54, 1.807) is 12.1 Å². The Labute approximate surface area is 144 Å². The molecule has 1 aliphatic rings. The number of ether oxygens (including phenoxy) is 1. The van der Waals surface area contributed by atoms with Crippen molar-refractivity contribution >= 4 is 5.91 Å². The fourth-order valence-electron chi connectivity index (χ4n) is 3.10. The van der Waals surface area contributed by atoms with Crippen molar-refractivity contribution in [1.29, 1.82) is 0 Å². The van der Waals surface area contributed by atoms with Gasteiger partial charge in [-0.25, -0.2) is 4.39 Å². The Morgan fingerprint density at radius 3 is 2.75 bits per heavy atom. The van der Waals surface area contributed by atoms with Crippen LogP contribution in [0.5, 0.6) is 5.75 Å². The summed E-state index contributed by atoms with van der Waals surface area (Å²) in [6.07, 6.45) is 5.25. The Morgan fingerprint density at radius 1 is 1.33 bits per heavy atom. The Kier molecular flexibility index (Phi) is 7.50. The van der Waals surface area contributed by atoms with Gasteiger partial charge in [-0.2, -0.15) is 0 Å². The molecule has 1 atom stereocenters. The van der Waals surface area contributed by atoms with Crippen LogP contribution < -0.4 is 10.1 Å². The van der Waals surface area contributed by atoms with Crippen molar-refractivity contribution in [3.8, 4) is 5.75 Å². The van der Waals surface area contributed by atoms with Gasteiger partial charge in [-0.1, -0.05) is 12.5 Å². The smallest absolute Gasteiger partial charge is 0.220 e. The Hall–Kier alpha value is -1.62. The van der Waals surface area contributed by atoms with E-state index in [9.17, 15) is 9.18 Å². The molecule has 1 aromatic rings. The van der Waals surface area contributed by atoms with Crippen molar-refractivity contribution in [3.63, 3.8) is 0 Å². The highest BCUT2D eigenvalue weighted by Gasteiger charge is 2.14. The minimum atomic E-state index is -0.388. The third-order valence-electron chi connectivity index (χ3n) is 4.46. The lowest BCUT2D eigenvalue weighted by Gasteiger charge is -2.26. The van der Waals surface area contributed by atoms with E-state index in [2.05, 4.69) is 10.2 Å². The molecule has 0 aromatic heterocycles. The van der Waals surface area contributed by atoms with Gasteiger partial charge in [-0.3, -0.25) is 4.79 Å². The maximum absolute atomic E-state index is 13.9. The van der Waals surface area contributed by atoms with E-state index < -0.39 is 0 Å². The van der Waals surface area contributed by atoms with E-state index in [0.29, 0.717) is 13.0 Å². The number of amides is 1. The maximum atomic E-state index is 13.9. The molecule has 5 heteroatoms. The van der Waals surface area contributed by atoms with Crippen LogP contribution in [0.3, 0.4) is 0 Å². The van der Waals surface area contributed by atoms with Gasteiger partial charge in [-0.05, 0) is 70.4 Å². The normalized spacial score (nSPS) is 16.6. The lowest BCUT2D eigenvalue weighted by Crippen LogP contribution is -2.32. The fourth-order valence-corrected chi connectivity index (χ4v) is 3.10. The van der Waals surface area contributed by atoms with Gasteiger partial charge >= 0.3 is 0 Å². The van der Waals surface area contributed by atoms with Gasteiger partial charge < -0.3 is 15.0 Å². The molecule has 0 saturated carbocycles. The molecule has 0 radical (unpaired) electrons. The van der Waals surface area contributed by atoms with Crippen LogP contribution in [0, 0.1) is 5.82 Å². The van der Waals surface area contributed by atoms with Crippen molar-refractivity contribution in [3.05, 3.63) is 29.6 Å². The molecule has 24 heavy (non-hydrogen) atoms. The summed E-state index contributed by atoms with van der Waals surface area (Å²) in [5.41, 5.74) is 0.750. The summed E-state index contributed by atoms with van der Waals surface area (Å²) in [6, 6.07) is 4.64. The van der Waals surface area contributed by atoms with Crippen molar-refractivity contribution in [2.75, 3.05) is 26.2 Å². The number of piperidine rings is 1. The highest BCUT2D eigenvalue weighted by atomic mass is 19.1. The zero-order valence-electron chi connectivity index (χ0n) is 14.8. The summed E-state index contributed by atoms with van der Waals surface area (Å²) in [5, 5.41) is 2.95. The second-order valence-corrected chi connectivity index (χ2v) is 6.42. The van der Waals surface area contributed by atoms with Crippen LogP contribution in [0.15, 0.2) is 18.2 Å². The van der Waals surface area contributed by atoms with E-state index in [0.717, 1.165) is 31.6 Å². The van der Waals surface area contributed by atoms with Gasteiger partial charge in [-0.15, -0.1) is 0 Å². The molecule has 0 unspecified atom stereocenters. The third-order valence-corrected chi connectivity index (χ3v) is 4.46. The maximum Gasteiger partial charge on any atom is 0.220 e. The Bertz CT molecular complexity index is 530. The number of likely N-dealkylation sites (tertiary alicyclic amines) is 1. The highest BCUT2D eigenvalue weighted by molar-refractivity contribution is 5.76. The van der Waals surface area contributed by atoms with Crippen LogP contribution in [-0.2, 0) is 4.79 Å². The quantitative estimate of drug-likeness (QED) is 0.787. The lowest BCUT2D eigenvalue weighted by molar-refractivity contribution is -0.121. The van der Waals surface area contributed by atoms with Crippen molar-refractivity contribution < 1.29 is 13.9 Å². The molecular weight excluding hydrogens is 307 g/mol. The van der Waals surface area contributed by atoms with Crippen molar-refractivity contribution in [1.82, 2.24) is 10.2 Å². The molecule has 1 aliphatic heterocycles. The zero-order valence-corrected chi connectivity index (χ0v) is 14.8. The first-order chi connectivity index (χ1) is 11.6. The SMILES string of the molecule is CCOc1ccc([C@H](C)NC(=O)CCCN2CCCCC2)cc1F. The minimum Gasteiger partial charge on any atom is -0.491 e. The van der Waals surface area contributed by atoms with Gasteiger partial charge in [0.2, 0.25) is 5.91 Å². The van der Waals surface area contributed by atoms with E-state index in [1.165, 1.54) is 25.3 Å². The first-order valence-electron chi connectivity index (χ1n) is 9.04. The van der Waals surface area contributed by atoms with Crippen LogP contribution in [-0.4, -0.2) is 37.0 Å². The van der Waals surface area contributed by atoms with Crippen LogP contribution in [0.25, 0.3) is 0 Å². The number of hydrogen-bond acceptors (Lipinski definition) is 3. The van der Waals surface area contributed by atoms with Crippen LogP contribution >= 0.6 is 0 Å². The number of carbonyl (C=O) groups excluding carboxylic acids is 1. The molecule has 2 rings (SSSR count). The van der Waals surface area contributed by atoms with Crippen LogP contribution in [0.4, 0.5) is 4.39 Å². The van der Waals surface area contributed by atoms with Crippen molar-refractivity contribution in [2.24, 2.45) is 0 Å². The standard InChI is InChI=1S/C19H29FN2O2/c1-3-24-18-10-9-16(14-17(18)20)15(2)21-19(23)8-7-13-22-11-5-4-6-12-22/h9-10,14-15H,3-8,11-13H2,1-2H3,(H,21,23)/t15-/m0/s1. The van der Waals surface area contributed by atoms with E-state index in [4.69, 9.17) is 4.74 Å². The van der Waals surface area contributed by atoms with Gasteiger partial charge in [0.25, 0.3) is 0 Å². The summed E-state index contributed by atoms with van der Waals surface area (Å²) in [5.74, 6) is -0.115. The average Bonchev–Trinajstić information content (AvgIpc) is 2.57. The summed E-state index contributed by atoms with van der Waals surface area (Å²) in [7, 11) is 0. The topological polar surface area (TPSA) is 41.6 Å². The predicted octanol–water partition coefficient (Wildman–Crippen LogP) is 3.67. The van der Waals surface area contributed by atoms with Gasteiger partial charge in [0.05, 0.1) is 12.6 Å². The predicted molar refractivity (Wildman–Crippen MR) is 93.7 cm³/mol. The average molecular weight is 336 g/mol. The molecule has 1 saturated heterocycles. The number of halogens is 1. The molecule has 1 amide bonds. The monoisotopic (exact) mass is 336 g/mol. The Morgan fingerprint density at radius 2 is 2.08 bits per heavy atom. The third kappa shape index (κ3) is 5.78. The van der Waals surface area contributed by atoms with Crippen molar-refractivity contribution in [2.45, 2.75) is 52.0 Å². The number of rotatable bonds is 8. The van der Waals surface area contributed by atoms with E-state index in [-0.39, 0.29) is 23.5 Å². The first kappa shape index (κ1) is 18.7. The molecule has 4 nitrogen and oxygen atoms in total. The van der Waals surface area contributed by atoms with Gasteiger partial charge in [0.1, 0.15) is 0 Å². The summed E-state index contributed by atoms with van der Waals surface area (Å²) < 4.78 is 19.1. The number of hydrogen-bond donors (Lipinski definition) is 1.